The highest BCUT2D eigenvalue weighted by atomic mass is 16.6. The van der Waals surface area contributed by atoms with E-state index in [1.54, 1.807) is 13.8 Å². The van der Waals surface area contributed by atoms with Crippen molar-refractivity contribution >= 4 is 0 Å². The van der Waals surface area contributed by atoms with E-state index in [1.165, 1.54) is 0 Å². The lowest BCUT2D eigenvalue weighted by atomic mass is 10.1. The molecule has 1 radical (unpaired) electrons. The molecule has 9 heavy (non-hydrogen) atoms. The summed E-state index contributed by atoms with van der Waals surface area (Å²) in [6.07, 6.45) is 0.509. The molecule has 0 aliphatic rings. The maximum Gasteiger partial charge on any atom is 0.180 e. The third-order valence-corrected chi connectivity index (χ3v) is 0.942. The normalized spacial score (nSPS) is 12.0. The maximum atomic E-state index is 9.71. The van der Waals surface area contributed by atoms with Gasteiger partial charge < -0.3 is 9.84 Å². The van der Waals surface area contributed by atoms with Gasteiger partial charge in [0.05, 0.1) is 12.2 Å². The topological polar surface area (TPSA) is 49.4 Å². The smallest absolute Gasteiger partial charge is 0.180 e. The predicted molar refractivity (Wildman–Crippen MR) is 32.4 cm³/mol. The van der Waals surface area contributed by atoms with E-state index in [0.717, 1.165) is 0 Å². The van der Waals surface area contributed by atoms with E-state index < -0.39 is 12.4 Å². The molecule has 3 heteroatoms. The molecule has 0 bridgehead atoms. The fourth-order valence-corrected chi connectivity index (χ4v) is 0.381. The van der Waals surface area contributed by atoms with Crippen LogP contribution in [-0.2, 0) is 9.84 Å². The lowest BCUT2D eigenvalue weighted by molar-refractivity contribution is -0.0612. The highest BCUT2D eigenvalue weighted by Gasteiger charge is 2.10. The van der Waals surface area contributed by atoms with Crippen molar-refractivity contribution in [2.75, 3.05) is 13.4 Å². The van der Waals surface area contributed by atoms with Gasteiger partial charge in [-0.3, -0.25) is 0 Å². The third kappa shape index (κ3) is 7.88. The van der Waals surface area contributed by atoms with E-state index >= 15 is 0 Å². The van der Waals surface area contributed by atoms with Crippen LogP contribution < -0.4 is 0 Å². The molecule has 55 valence electrons. The van der Waals surface area contributed by atoms with E-state index in [9.17, 15) is 5.11 Å². The Morgan fingerprint density at radius 2 is 2.11 bits per heavy atom. The van der Waals surface area contributed by atoms with Crippen LogP contribution in [-0.4, -0.2) is 24.1 Å². The second-order valence-corrected chi connectivity index (χ2v) is 2.59. The van der Waals surface area contributed by atoms with Crippen LogP contribution in [0.3, 0.4) is 0 Å². The second-order valence-electron chi connectivity index (χ2n) is 2.59. The molecule has 3 nitrogen and oxygen atoms in total. The van der Waals surface area contributed by atoms with Gasteiger partial charge in [-0.05, 0) is 20.3 Å². The Morgan fingerprint density at radius 1 is 1.56 bits per heavy atom. The van der Waals surface area contributed by atoms with Crippen molar-refractivity contribution in [3.05, 3.63) is 0 Å². The minimum Gasteiger partial charge on any atom is -0.390 e. The van der Waals surface area contributed by atoms with Gasteiger partial charge >= 0.3 is 0 Å². The van der Waals surface area contributed by atoms with Crippen molar-refractivity contribution in [2.45, 2.75) is 25.9 Å². The highest BCUT2D eigenvalue weighted by molar-refractivity contribution is 4.62. The van der Waals surface area contributed by atoms with Gasteiger partial charge in [0, 0.05) is 0 Å². The van der Waals surface area contributed by atoms with Gasteiger partial charge in [-0.1, -0.05) is 0 Å². The lowest BCUT2D eigenvalue weighted by Gasteiger charge is -2.15. The highest BCUT2D eigenvalue weighted by Crippen LogP contribution is 2.05. The SMILES string of the molecule is CC(C)(O)CCOC[O]. The Kier molecular flexibility index (Phi) is 3.77. The molecule has 0 amide bonds. The minimum absolute atomic E-state index is 0.340. The van der Waals surface area contributed by atoms with Crippen molar-refractivity contribution in [3.63, 3.8) is 0 Å². The quantitative estimate of drug-likeness (QED) is 0.449. The summed E-state index contributed by atoms with van der Waals surface area (Å²) in [6, 6.07) is 0. The lowest BCUT2D eigenvalue weighted by Crippen LogP contribution is -2.20. The van der Waals surface area contributed by atoms with Gasteiger partial charge in [-0.25, -0.2) is 5.11 Å². The van der Waals surface area contributed by atoms with Crippen molar-refractivity contribution in [1.29, 1.82) is 0 Å². The minimum atomic E-state index is -0.713. The van der Waals surface area contributed by atoms with Crippen LogP contribution in [0.4, 0.5) is 0 Å². The van der Waals surface area contributed by atoms with Gasteiger partial charge in [0.25, 0.3) is 0 Å². The molecule has 0 aliphatic heterocycles. The van der Waals surface area contributed by atoms with Crippen LogP contribution >= 0.6 is 0 Å². The van der Waals surface area contributed by atoms with Crippen LogP contribution in [0.5, 0.6) is 0 Å². The summed E-state index contributed by atoms with van der Waals surface area (Å²) in [4.78, 5) is 0. The molecule has 0 heterocycles. The molecule has 0 saturated carbocycles. The number of aliphatic hydroxyl groups is 1. The number of rotatable bonds is 4. The van der Waals surface area contributed by atoms with Gasteiger partial charge in [0.1, 0.15) is 0 Å². The average Bonchev–Trinajstić information content (AvgIpc) is 1.63. The first-order valence-corrected chi connectivity index (χ1v) is 2.94. The monoisotopic (exact) mass is 133 g/mol. The van der Waals surface area contributed by atoms with Crippen molar-refractivity contribution in [2.24, 2.45) is 0 Å². The molecular formula is C6H13O3. The summed E-state index contributed by atoms with van der Waals surface area (Å²) in [5, 5.41) is 18.8. The van der Waals surface area contributed by atoms with E-state index in [4.69, 9.17) is 5.11 Å². The van der Waals surface area contributed by atoms with Gasteiger partial charge in [-0.2, -0.15) is 0 Å². The Morgan fingerprint density at radius 3 is 2.44 bits per heavy atom. The van der Waals surface area contributed by atoms with Crippen LogP contribution in [0, 0.1) is 0 Å². The summed E-state index contributed by atoms with van der Waals surface area (Å²) in [7, 11) is 0. The van der Waals surface area contributed by atoms with Crippen LogP contribution in [0.15, 0.2) is 0 Å². The first kappa shape index (κ1) is 8.88. The Bertz CT molecular complexity index is 65.2. The molecule has 0 atom stereocenters. The predicted octanol–water partition coefficient (Wildman–Crippen LogP) is 0.552. The molecular weight excluding hydrogens is 120 g/mol. The van der Waals surface area contributed by atoms with E-state index in [2.05, 4.69) is 4.74 Å². The first-order valence-electron chi connectivity index (χ1n) is 2.94. The third-order valence-electron chi connectivity index (χ3n) is 0.942. The van der Waals surface area contributed by atoms with Crippen LogP contribution in [0.2, 0.25) is 0 Å². The summed E-state index contributed by atoms with van der Waals surface area (Å²) in [5.41, 5.74) is -0.713. The first-order chi connectivity index (χ1) is 4.06. The van der Waals surface area contributed by atoms with Crippen molar-refractivity contribution < 1.29 is 14.9 Å². The van der Waals surface area contributed by atoms with E-state index in [0.29, 0.717) is 13.0 Å². The van der Waals surface area contributed by atoms with Gasteiger partial charge in [0.15, 0.2) is 6.79 Å². The van der Waals surface area contributed by atoms with Gasteiger partial charge in [0.2, 0.25) is 0 Å². The number of hydrogen-bond acceptors (Lipinski definition) is 2. The molecule has 0 unspecified atom stereocenters. The molecule has 0 fully saturated rings. The Labute approximate surface area is 55.3 Å². The standard InChI is InChI=1S/C6H13O3/c1-6(2,8)3-4-9-5-7/h8H,3-5H2,1-2H3. The Balaban J connectivity index is 3.07. The average molecular weight is 133 g/mol. The molecule has 0 aliphatic carbocycles. The largest absolute Gasteiger partial charge is 0.390 e. The maximum absolute atomic E-state index is 9.71. The Hall–Kier alpha value is -0.120. The van der Waals surface area contributed by atoms with Crippen molar-refractivity contribution in [1.82, 2.24) is 0 Å². The molecule has 0 rings (SSSR count). The zero-order chi connectivity index (χ0) is 7.33. The van der Waals surface area contributed by atoms with E-state index in [1.807, 2.05) is 0 Å². The van der Waals surface area contributed by atoms with Crippen LogP contribution in [0.25, 0.3) is 0 Å². The van der Waals surface area contributed by atoms with Crippen LogP contribution in [0.1, 0.15) is 20.3 Å². The fourth-order valence-electron chi connectivity index (χ4n) is 0.381. The molecule has 0 aromatic heterocycles. The summed E-state index contributed by atoms with van der Waals surface area (Å²) in [5.74, 6) is 0. The molecule has 0 spiro atoms. The summed E-state index contributed by atoms with van der Waals surface area (Å²) < 4.78 is 4.49. The van der Waals surface area contributed by atoms with E-state index in [-0.39, 0.29) is 0 Å². The number of hydrogen-bond donors (Lipinski definition) is 1. The molecule has 1 N–H and O–H groups in total. The summed E-state index contributed by atoms with van der Waals surface area (Å²) >= 11 is 0. The summed E-state index contributed by atoms with van der Waals surface area (Å²) in [6.45, 7) is 3.19. The number of ether oxygens (including phenoxy) is 1. The zero-order valence-electron chi connectivity index (χ0n) is 5.89. The second kappa shape index (κ2) is 3.82. The zero-order valence-corrected chi connectivity index (χ0v) is 5.89. The molecule has 0 aromatic rings. The molecule has 0 aromatic carbocycles. The molecule has 0 saturated heterocycles. The van der Waals surface area contributed by atoms with Crippen molar-refractivity contribution in [3.8, 4) is 0 Å². The van der Waals surface area contributed by atoms with Gasteiger partial charge in [-0.15, -0.1) is 0 Å². The fraction of sp³-hybridized carbons (Fsp3) is 1.00.